The largest absolute Gasteiger partial charge is 0.390 e. The third-order valence-corrected chi connectivity index (χ3v) is 3.20. The molecule has 2 N–H and O–H groups in total. The molecule has 2 aliphatic rings. The molecule has 0 bridgehead atoms. The summed E-state index contributed by atoms with van der Waals surface area (Å²) in [5.41, 5.74) is 0.633. The van der Waals surface area contributed by atoms with Crippen LogP contribution in [-0.2, 0) is 4.79 Å². The van der Waals surface area contributed by atoms with E-state index in [0.717, 1.165) is 44.3 Å². The first-order valence-electron chi connectivity index (χ1n) is 5.38. The highest BCUT2D eigenvalue weighted by Gasteiger charge is 2.33. The van der Waals surface area contributed by atoms with Crippen molar-refractivity contribution in [2.24, 2.45) is 0 Å². The standard InChI is InChI=1S/C11H17NO2/c13-10-3-2-9(8-10)12-7-6-11(14)4-1-5-11/h8,12,14H,1-7H2. The van der Waals surface area contributed by atoms with E-state index in [1.165, 1.54) is 0 Å². The summed E-state index contributed by atoms with van der Waals surface area (Å²) in [6.07, 6.45) is 7.00. The summed E-state index contributed by atoms with van der Waals surface area (Å²) in [7, 11) is 0. The molecule has 0 amide bonds. The van der Waals surface area contributed by atoms with Gasteiger partial charge >= 0.3 is 0 Å². The maximum Gasteiger partial charge on any atom is 0.157 e. The number of carbonyl (C=O) groups excluding carboxylic acids is 1. The molecule has 0 aromatic heterocycles. The second-order valence-electron chi connectivity index (χ2n) is 4.39. The average Bonchev–Trinajstić information content (AvgIpc) is 2.49. The Morgan fingerprint density at radius 1 is 1.43 bits per heavy atom. The number of hydrogen-bond acceptors (Lipinski definition) is 3. The maximum atomic E-state index is 10.9. The Kier molecular flexibility index (Phi) is 2.59. The highest BCUT2D eigenvalue weighted by Crippen LogP contribution is 2.34. The molecule has 3 heteroatoms. The first-order valence-corrected chi connectivity index (χ1v) is 5.38. The SMILES string of the molecule is O=C1C=C(NCCC2(O)CCC2)CC1. The quantitative estimate of drug-likeness (QED) is 0.707. The van der Waals surface area contributed by atoms with Crippen LogP contribution in [0.1, 0.15) is 38.5 Å². The lowest BCUT2D eigenvalue weighted by atomic mass is 9.78. The second kappa shape index (κ2) is 3.73. The Bertz CT molecular complexity index is 266. The molecule has 0 heterocycles. The number of hydrogen-bond donors (Lipinski definition) is 2. The number of rotatable bonds is 4. The summed E-state index contributed by atoms with van der Waals surface area (Å²) in [5.74, 6) is 0.217. The van der Waals surface area contributed by atoms with Crippen LogP contribution in [0, 0.1) is 0 Å². The topological polar surface area (TPSA) is 49.3 Å². The van der Waals surface area contributed by atoms with Gasteiger partial charge in [-0.1, -0.05) is 0 Å². The van der Waals surface area contributed by atoms with E-state index in [9.17, 15) is 9.90 Å². The van der Waals surface area contributed by atoms with Gasteiger partial charge in [-0.3, -0.25) is 4.79 Å². The summed E-state index contributed by atoms with van der Waals surface area (Å²) in [5, 5.41) is 13.0. The van der Waals surface area contributed by atoms with E-state index in [-0.39, 0.29) is 5.78 Å². The van der Waals surface area contributed by atoms with Gasteiger partial charge in [0.2, 0.25) is 0 Å². The Morgan fingerprint density at radius 3 is 2.71 bits per heavy atom. The minimum atomic E-state index is -0.407. The van der Waals surface area contributed by atoms with Crippen molar-refractivity contribution in [1.29, 1.82) is 0 Å². The van der Waals surface area contributed by atoms with E-state index in [4.69, 9.17) is 0 Å². The molecule has 2 rings (SSSR count). The summed E-state index contributed by atoms with van der Waals surface area (Å²) in [6, 6.07) is 0. The van der Waals surface area contributed by atoms with Crippen LogP contribution in [0.3, 0.4) is 0 Å². The first-order chi connectivity index (χ1) is 6.68. The third kappa shape index (κ3) is 2.15. The molecule has 0 saturated heterocycles. The van der Waals surface area contributed by atoms with Crippen molar-refractivity contribution in [2.45, 2.75) is 44.1 Å². The van der Waals surface area contributed by atoms with Gasteiger partial charge in [-0.2, -0.15) is 0 Å². The fourth-order valence-corrected chi connectivity index (χ4v) is 2.03. The summed E-state index contributed by atoms with van der Waals surface area (Å²) >= 11 is 0. The van der Waals surface area contributed by atoms with E-state index in [2.05, 4.69) is 5.32 Å². The van der Waals surface area contributed by atoms with Crippen LogP contribution >= 0.6 is 0 Å². The fourth-order valence-electron chi connectivity index (χ4n) is 2.03. The monoisotopic (exact) mass is 195 g/mol. The molecule has 2 aliphatic carbocycles. The number of allylic oxidation sites excluding steroid dienone is 2. The normalized spacial score (nSPS) is 24.4. The van der Waals surface area contributed by atoms with Crippen molar-refractivity contribution in [1.82, 2.24) is 5.32 Å². The zero-order chi connectivity index (χ0) is 10.0. The minimum Gasteiger partial charge on any atom is -0.390 e. The summed E-state index contributed by atoms with van der Waals surface area (Å²) in [4.78, 5) is 10.9. The molecular formula is C11H17NO2. The molecule has 78 valence electrons. The third-order valence-electron chi connectivity index (χ3n) is 3.20. The Hall–Kier alpha value is -0.830. The first kappa shape index (κ1) is 9.71. The molecule has 0 aliphatic heterocycles. The van der Waals surface area contributed by atoms with Crippen LogP contribution in [0.2, 0.25) is 0 Å². The van der Waals surface area contributed by atoms with E-state index in [0.29, 0.717) is 6.42 Å². The lowest BCUT2D eigenvalue weighted by molar-refractivity contribution is -0.114. The van der Waals surface area contributed by atoms with Crippen molar-refractivity contribution >= 4 is 5.78 Å². The highest BCUT2D eigenvalue weighted by molar-refractivity contribution is 5.92. The molecule has 14 heavy (non-hydrogen) atoms. The second-order valence-corrected chi connectivity index (χ2v) is 4.39. The zero-order valence-electron chi connectivity index (χ0n) is 8.38. The van der Waals surface area contributed by atoms with E-state index >= 15 is 0 Å². The molecule has 0 atom stereocenters. The van der Waals surface area contributed by atoms with Crippen molar-refractivity contribution in [3.8, 4) is 0 Å². The van der Waals surface area contributed by atoms with Crippen molar-refractivity contribution in [3.05, 3.63) is 11.8 Å². The van der Waals surface area contributed by atoms with Crippen LogP contribution in [0.4, 0.5) is 0 Å². The Morgan fingerprint density at radius 2 is 2.21 bits per heavy atom. The van der Waals surface area contributed by atoms with Gasteiger partial charge < -0.3 is 10.4 Å². The van der Waals surface area contributed by atoms with Gasteiger partial charge in [0.25, 0.3) is 0 Å². The van der Waals surface area contributed by atoms with Gasteiger partial charge in [-0.05, 0) is 32.1 Å². The number of aliphatic hydroxyl groups is 1. The number of carbonyl (C=O) groups is 1. The Balaban J connectivity index is 1.68. The van der Waals surface area contributed by atoms with Gasteiger partial charge in [0, 0.05) is 24.7 Å². The lowest BCUT2D eigenvalue weighted by Gasteiger charge is -2.36. The zero-order valence-corrected chi connectivity index (χ0v) is 8.38. The minimum absolute atomic E-state index is 0.217. The van der Waals surface area contributed by atoms with E-state index < -0.39 is 5.60 Å². The summed E-state index contributed by atoms with van der Waals surface area (Å²) in [6.45, 7) is 0.787. The van der Waals surface area contributed by atoms with Crippen LogP contribution in [0.25, 0.3) is 0 Å². The van der Waals surface area contributed by atoms with Gasteiger partial charge in [0.15, 0.2) is 5.78 Å². The maximum absolute atomic E-state index is 10.9. The predicted octanol–water partition coefficient (Wildman–Crippen LogP) is 1.13. The summed E-state index contributed by atoms with van der Waals surface area (Å²) < 4.78 is 0. The molecule has 0 aromatic rings. The smallest absolute Gasteiger partial charge is 0.157 e. The van der Waals surface area contributed by atoms with Crippen LogP contribution in [-0.4, -0.2) is 23.0 Å². The van der Waals surface area contributed by atoms with Crippen molar-refractivity contribution < 1.29 is 9.90 Å². The highest BCUT2D eigenvalue weighted by atomic mass is 16.3. The molecule has 3 nitrogen and oxygen atoms in total. The molecule has 1 saturated carbocycles. The number of ketones is 1. The molecule has 0 aromatic carbocycles. The van der Waals surface area contributed by atoms with E-state index in [1.54, 1.807) is 6.08 Å². The number of nitrogens with one attached hydrogen (secondary N) is 1. The van der Waals surface area contributed by atoms with Crippen molar-refractivity contribution in [2.75, 3.05) is 6.54 Å². The van der Waals surface area contributed by atoms with Gasteiger partial charge in [-0.15, -0.1) is 0 Å². The van der Waals surface area contributed by atoms with Crippen molar-refractivity contribution in [3.63, 3.8) is 0 Å². The molecule has 1 fully saturated rings. The fraction of sp³-hybridized carbons (Fsp3) is 0.727. The molecule has 0 unspecified atom stereocenters. The molecular weight excluding hydrogens is 178 g/mol. The Labute approximate surface area is 84.2 Å². The van der Waals surface area contributed by atoms with Crippen LogP contribution in [0.5, 0.6) is 0 Å². The van der Waals surface area contributed by atoms with Gasteiger partial charge in [0.05, 0.1) is 5.60 Å². The average molecular weight is 195 g/mol. The van der Waals surface area contributed by atoms with Gasteiger partial charge in [0.1, 0.15) is 0 Å². The molecule has 0 radical (unpaired) electrons. The predicted molar refractivity (Wildman–Crippen MR) is 53.7 cm³/mol. The van der Waals surface area contributed by atoms with Crippen LogP contribution < -0.4 is 5.32 Å². The molecule has 0 spiro atoms. The van der Waals surface area contributed by atoms with Gasteiger partial charge in [-0.25, -0.2) is 0 Å². The lowest BCUT2D eigenvalue weighted by Crippen LogP contribution is -2.39. The van der Waals surface area contributed by atoms with E-state index in [1.807, 2.05) is 0 Å². The van der Waals surface area contributed by atoms with Crippen LogP contribution in [0.15, 0.2) is 11.8 Å².